The normalized spacial score (nSPS) is 11.3. The third kappa shape index (κ3) is 67.5. The quantitative estimate of drug-likeness (QED) is 0.0546. The van der Waals surface area contributed by atoms with Crippen molar-refractivity contribution in [2.75, 3.05) is 39.9 Å². The second kappa shape index (κ2) is 60.2. The summed E-state index contributed by atoms with van der Waals surface area (Å²) in [6, 6.07) is 0. The van der Waals surface area contributed by atoms with Gasteiger partial charge < -0.3 is 14.6 Å². The molecular weight excluding hydrogens is 709 g/mol. The van der Waals surface area contributed by atoms with E-state index < -0.39 is 0 Å². The summed E-state index contributed by atoms with van der Waals surface area (Å²) in [5, 5.41) is 8.44. The molecule has 0 heterocycles. The fourth-order valence-corrected chi connectivity index (χ4v) is 4.03. The summed E-state index contributed by atoms with van der Waals surface area (Å²) in [5.74, 6) is 0.722. The molecule has 0 aromatic heterocycles. The molecule has 0 aromatic rings. The number of hydrogen-bond donors (Lipinski definition) is 1. The van der Waals surface area contributed by atoms with Gasteiger partial charge in [0.05, 0.1) is 0 Å². The van der Waals surface area contributed by atoms with Crippen LogP contribution in [-0.4, -0.2) is 54.7 Å². The lowest BCUT2D eigenvalue weighted by atomic mass is 10.1. The fourth-order valence-electron chi connectivity index (χ4n) is 2.85. The van der Waals surface area contributed by atoms with Crippen LogP contribution in [0.4, 0.5) is 0 Å². The number of methoxy groups -OCH3 is 2. The number of aliphatic hydroxyl groups is 1. The highest BCUT2D eigenvalue weighted by Gasteiger charge is 2.14. The Kier molecular flexibility index (Phi) is 86.5. The van der Waals surface area contributed by atoms with E-state index in [1.54, 1.807) is 14.2 Å². The average Bonchev–Trinajstić information content (AvgIpc) is 2.90. The molecular formula is C31H72Br2ClO3P3. The number of unbranched alkanes of at least 4 members (excludes halogenated alkanes) is 7. The molecule has 0 fully saturated rings. The molecule has 0 aliphatic carbocycles. The van der Waals surface area contributed by atoms with Crippen molar-refractivity contribution in [2.45, 2.75) is 134 Å². The van der Waals surface area contributed by atoms with E-state index in [1.807, 2.05) is 6.92 Å². The molecule has 0 radical (unpaired) electrons. The summed E-state index contributed by atoms with van der Waals surface area (Å²) in [4.78, 5) is 1.21. The van der Waals surface area contributed by atoms with Crippen molar-refractivity contribution >= 4 is 73.2 Å². The zero-order valence-corrected chi connectivity index (χ0v) is 35.6. The molecule has 0 aliphatic rings. The van der Waals surface area contributed by atoms with Gasteiger partial charge in [-0.3, -0.25) is 0 Å². The van der Waals surface area contributed by atoms with Crippen LogP contribution in [0.25, 0.3) is 0 Å². The average molecular weight is 781 g/mol. The van der Waals surface area contributed by atoms with E-state index in [4.69, 9.17) is 26.2 Å². The highest BCUT2D eigenvalue weighted by atomic mass is 79.9. The molecule has 0 spiro atoms. The minimum atomic E-state index is 0. The zero-order chi connectivity index (χ0) is 28.8. The molecule has 3 nitrogen and oxygen atoms in total. The molecule has 0 saturated carbocycles. The first kappa shape index (κ1) is 57.5. The van der Waals surface area contributed by atoms with Gasteiger partial charge in [-0.05, 0) is 57.8 Å². The van der Waals surface area contributed by atoms with Crippen molar-refractivity contribution in [1.82, 2.24) is 0 Å². The Morgan fingerprint density at radius 1 is 0.600 bits per heavy atom. The van der Waals surface area contributed by atoms with Gasteiger partial charge in [-0.15, -0.1) is 11.6 Å². The van der Waals surface area contributed by atoms with Crippen molar-refractivity contribution in [1.29, 1.82) is 0 Å². The minimum Gasteiger partial charge on any atom is -0.396 e. The van der Waals surface area contributed by atoms with Crippen LogP contribution in [0.2, 0.25) is 0 Å². The van der Waals surface area contributed by atoms with E-state index in [2.05, 4.69) is 76.9 Å². The third-order valence-corrected chi connectivity index (χ3v) is 7.99. The molecule has 9 heteroatoms. The lowest BCUT2D eigenvalue weighted by Crippen LogP contribution is -2.14. The lowest BCUT2D eigenvalue weighted by molar-refractivity contribution is 0.192. The van der Waals surface area contributed by atoms with E-state index in [-0.39, 0.29) is 29.7 Å². The Bertz CT molecular complexity index is 415. The number of aliphatic hydroxyl groups excluding tert-OH is 1. The monoisotopic (exact) mass is 778 g/mol. The maximum atomic E-state index is 8.44. The van der Waals surface area contributed by atoms with Gasteiger partial charge in [-0.2, -0.15) is 29.7 Å². The largest absolute Gasteiger partial charge is 0.396 e. The van der Waals surface area contributed by atoms with E-state index in [0.717, 1.165) is 51.2 Å². The Balaban J connectivity index is -0.0000000755. The topological polar surface area (TPSA) is 38.7 Å². The van der Waals surface area contributed by atoms with Gasteiger partial charge in [-0.25, -0.2) is 0 Å². The Labute approximate surface area is 284 Å². The van der Waals surface area contributed by atoms with Gasteiger partial charge in [0.1, 0.15) is 0 Å². The Morgan fingerprint density at radius 3 is 1.27 bits per heavy atom. The van der Waals surface area contributed by atoms with Gasteiger partial charge in [0.15, 0.2) is 0 Å². The van der Waals surface area contributed by atoms with Crippen LogP contribution in [0, 0.1) is 0 Å². The highest BCUT2D eigenvalue weighted by molar-refractivity contribution is 9.12. The molecule has 0 saturated heterocycles. The predicted octanol–water partition coefficient (Wildman–Crippen LogP) is 11.2. The summed E-state index contributed by atoms with van der Waals surface area (Å²) < 4.78 is 9.95. The van der Waals surface area contributed by atoms with E-state index in [9.17, 15) is 0 Å². The third-order valence-electron chi connectivity index (χ3n) is 5.08. The number of allylic oxidation sites excluding steroid dienone is 4. The maximum Gasteiger partial charge on any atom is 0.0465 e. The molecule has 5 atom stereocenters. The first-order chi connectivity index (χ1) is 18.0. The molecule has 0 rings (SSSR count). The van der Waals surface area contributed by atoms with Gasteiger partial charge in [0, 0.05) is 49.6 Å². The summed E-state index contributed by atoms with van der Waals surface area (Å²) in [6.45, 7) is 10.6. The van der Waals surface area contributed by atoms with Crippen LogP contribution in [0.3, 0.4) is 0 Å². The summed E-state index contributed by atoms with van der Waals surface area (Å²) >= 11 is 12.4. The van der Waals surface area contributed by atoms with Crippen LogP contribution in [0.15, 0.2) is 24.3 Å². The number of rotatable bonds is 21. The van der Waals surface area contributed by atoms with E-state index >= 15 is 0 Å². The molecule has 0 aliphatic heterocycles. The zero-order valence-electron chi connectivity index (χ0n) is 27.4. The first-order valence-electron chi connectivity index (χ1n) is 14.7. The second-order valence-corrected chi connectivity index (χ2v) is 11.7. The van der Waals surface area contributed by atoms with Crippen LogP contribution in [0.5, 0.6) is 0 Å². The smallest absolute Gasteiger partial charge is 0.0465 e. The second-order valence-electron chi connectivity index (χ2n) is 8.80. The van der Waals surface area contributed by atoms with Crippen LogP contribution < -0.4 is 0 Å². The van der Waals surface area contributed by atoms with Crippen molar-refractivity contribution in [3.63, 3.8) is 0 Å². The van der Waals surface area contributed by atoms with Crippen molar-refractivity contribution in [3.05, 3.63) is 24.3 Å². The van der Waals surface area contributed by atoms with Crippen molar-refractivity contribution < 1.29 is 14.6 Å². The van der Waals surface area contributed by atoms with Crippen LogP contribution in [0.1, 0.15) is 124 Å². The summed E-state index contributed by atoms with van der Waals surface area (Å²) in [7, 11) is 3.51. The number of hydrogen-bond acceptors (Lipinski definition) is 3. The maximum absolute atomic E-state index is 8.44. The van der Waals surface area contributed by atoms with E-state index in [1.165, 1.54) is 64.2 Å². The standard InChI is InChI=1S/C10H20Br2O.C10H20O.C9H18O.C2H5Cl.3H3P/c1-3-4-6-9(11)10(12)7-5-8-13-2;1-3-4-5-6-7-8-9-10-11-2;1-2-3-4-5-6-7-8-9-10;1-2-3;;;/h9-10H,3-8H2,1-2H3;6-7H,3-5,8-10H2,1-2H3;5-6,10H,2-4,7-9H2,1H3;2H2,1H3;3*1H3/b;7-6-;6-5-;;;;. The SMILES string of the molecule is CCCC/C=C\CCCO.CCCC/C=C\CCCOC.CCCCC(Br)C(Br)CCCOC.CCCl.P.P.P. The van der Waals surface area contributed by atoms with Gasteiger partial charge >= 0.3 is 0 Å². The van der Waals surface area contributed by atoms with Crippen LogP contribution in [-0.2, 0) is 9.47 Å². The molecule has 0 amide bonds. The fraction of sp³-hybridized carbons (Fsp3) is 0.871. The van der Waals surface area contributed by atoms with Gasteiger partial charge in [0.2, 0.25) is 0 Å². The summed E-state index contributed by atoms with van der Waals surface area (Å²) in [6.07, 6.45) is 26.9. The first-order valence-corrected chi connectivity index (χ1v) is 17.1. The van der Waals surface area contributed by atoms with Crippen molar-refractivity contribution in [3.8, 4) is 0 Å². The molecule has 0 bridgehead atoms. The Morgan fingerprint density at radius 2 is 0.925 bits per heavy atom. The molecule has 40 heavy (non-hydrogen) atoms. The van der Waals surface area contributed by atoms with Crippen LogP contribution >= 0.6 is 73.2 Å². The molecule has 1 N–H and O–H groups in total. The Hall–Kier alpha value is 1.90. The molecule has 0 aromatic carbocycles. The van der Waals surface area contributed by atoms with E-state index in [0.29, 0.717) is 16.3 Å². The molecule has 250 valence electrons. The number of halogens is 3. The molecule has 5 unspecified atom stereocenters. The van der Waals surface area contributed by atoms with Crippen molar-refractivity contribution in [2.24, 2.45) is 0 Å². The minimum absolute atomic E-state index is 0. The number of ether oxygens (including phenoxy) is 2. The summed E-state index contributed by atoms with van der Waals surface area (Å²) in [5.41, 5.74) is 0. The predicted molar refractivity (Wildman–Crippen MR) is 211 cm³/mol. The van der Waals surface area contributed by atoms with Gasteiger partial charge in [-0.1, -0.05) is 122 Å². The lowest BCUT2D eigenvalue weighted by Gasteiger charge is -2.15. The highest BCUT2D eigenvalue weighted by Crippen LogP contribution is 2.23. The number of alkyl halides is 3. The van der Waals surface area contributed by atoms with Gasteiger partial charge in [0.25, 0.3) is 0 Å².